The highest BCUT2D eigenvalue weighted by Gasteiger charge is 2.20. The Balaban J connectivity index is 0.00000169. The van der Waals surface area contributed by atoms with Crippen LogP contribution in [0.25, 0.3) is 0 Å². The van der Waals surface area contributed by atoms with Gasteiger partial charge in [0.1, 0.15) is 0 Å². The SMILES string of the molecule is CC1CCCN(Cc2ccccc2CNC(=O)CNCC2CC2)C1.Cl.Cl. The van der Waals surface area contributed by atoms with E-state index in [4.69, 9.17) is 0 Å². The lowest BCUT2D eigenvalue weighted by molar-refractivity contribution is -0.120. The molecule has 6 heteroatoms. The lowest BCUT2D eigenvalue weighted by Crippen LogP contribution is -2.35. The molecule has 0 radical (unpaired) electrons. The Morgan fingerprint density at radius 1 is 1.15 bits per heavy atom. The lowest BCUT2D eigenvalue weighted by Gasteiger charge is -2.31. The van der Waals surface area contributed by atoms with Crippen LogP contribution in [0.2, 0.25) is 0 Å². The van der Waals surface area contributed by atoms with Gasteiger partial charge in [-0.15, -0.1) is 24.8 Å². The molecule has 1 aromatic carbocycles. The zero-order valence-corrected chi connectivity index (χ0v) is 17.3. The Labute approximate surface area is 170 Å². The van der Waals surface area contributed by atoms with E-state index in [1.807, 2.05) is 0 Å². The van der Waals surface area contributed by atoms with Gasteiger partial charge in [0.05, 0.1) is 6.54 Å². The topological polar surface area (TPSA) is 44.4 Å². The third-order valence-corrected chi connectivity index (χ3v) is 5.14. The van der Waals surface area contributed by atoms with Gasteiger partial charge in [-0.1, -0.05) is 31.2 Å². The number of hydrogen-bond donors (Lipinski definition) is 2. The highest BCUT2D eigenvalue weighted by atomic mass is 35.5. The molecule has 2 N–H and O–H groups in total. The van der Waals surface area contributed by atoms with Crippen LogP contribution in [0.3, 0.4) is 0 Å². The Morgan fingerprint density at radius 3 is 2.58 bits per heavy atom. The number of hydrogen-bond acceptors (Lipinski definition) is 3. The van der Waals surface area contributed by atoms with Gasteiger partial charge in [-0.3, -0.25) is 9.69 Å². The fourth-order valence-electron chi connectivity index (χ4n) is 3.52. The summed E-state index contributed by atoms with van der Waals surface area (Å²) in [5, 5.41) is 6.31. The number of carbonyl (C=O) groups is 1. The molecule has 1 unspecified atom stereocenters. The van der Waals surface area contributed by atoms with Gasteiger partial charge in [0.25, 0.3) is 0 Å². The van der Waals surface area contributed by atoms with Crippen molar-refractivity contribution in [2.24, 2.45) is 11.8 Å². The molecule has 1 atom stereocenters. The smallest absolute Gasteiger partial charge is 0.234 e. The van der Waals surface area contributed by atoms with Crippen molar-refractivity contribution in [3.63, 3.8) is 0 Å². The van der Waals surface area contributed by atoms with Gasteiger partial charge in [-0.2, -0.15) is 0 Å². The van der Waals surface area contributed by atoms with Crippen LogP contribution >= 0.6 is 24.8 Å². The van der Waals surface area contributed by atoms with E-state index in [0.717, 1.165) is 24.9 Å². The van der Waals surface area contributed by atoms with Crippen LogP contribution in [0, 0.1) is 11.8 Å². The molecule has 2 fully saturated rings. The Hall–Kier alpha value is -0.810. The highest BCUT2D eigenvalue weighted by molar-refractivity contribution is 5.85. The molecule has 2 aliphatic rings. The maximum atomic E-state index is 12.0. The number of carbonyl (C=O) groups excluding carboxylic acids is 1. The number of nitrogens with zero attached hydrogens (tertiary/aromatic N) is 1. The van der Waals surface area contributed by atoms with Crippen molar-refractivity contribution < 1.29 is 4.79 Å². The molecular weight excluding hydrogens is 369 g/mol. The average Bonchev–Trinajstić information content (AvgIpc) is 3.38. The van der Waals surface area contributed by atoms with E-state index in [2.05, 4.69) is 46.7 Å². The summed E-state index contributed by atoms with van der Waals surface area (Å²) in [5.41, 5.74) is 2.59. The summed E-state index contributed by atoms with van der Waals surface area (Å²) in [6.45, 7) is 7.76. The minimum absolute atomic E-state index is 0. The van der Waals surface area contributed by atoms with E-state index in [0.29, 0.717) is 13.1 Å². The van der Waals surface area contributed by atoms with E-state index >= 15 is 0 Å². The molecule has 1 saturated heterocycles. The molecule has 4 nitrogen and oxygen atoms in total. The summed E-state index contributed by atoms with van der Waals surface area (Å²) < 4.78 is 0. The van der Waals surface area contributed by atoms with Gasteiger partial charge in [0, 0.05) is 19.6 Å². The van der Waals surface area contributed by atoms with E-state index in [1.165, 1.54) is 49.9 Å². The Bertz CT molecular complexity index is 552. The second kappa shape index (κ2) is 11.8. The molecule has 0 aromatic heterocycles. The molecular formula is C20H33Cl2N3O. The lowest BCUT2D eigenvalue weighted by atomic mass is 9.99. The first-order valence-corrected chi connectivity index (χ1v) is 9.47. The standard InChI is InChI=1S/C20H31N3O.2ClH/c1-16-5-4-10-23(14-16)15-19-7-3-2-6-18(19)12-22-20(24)13-21-11-17-8-9-17;;/h2-3,6-7,16-17,21H,4-5,8-15H2,1H3,(H,22,24);2*1H. The normalized spacial score (nSPS) is 20.0. The molecule has 0 bridgehead atoms. The van der Waals surface area contributed by atoms with E-state index in [9.17, 15) is 4.79 Å². The van der Waals surface area contributed by atoms with Crippen molar-refractivity contribution in [2.45, 2.75) is 45.7 Å². The molecule has 26 heavy (non-hydrogen) atoms. The van der Waals surface area contributed by atoms with Gasteiger partial charge >= 0.3 is 0 Å². The number of halogens is 2. The van der Waals surface area contributed by atoms with Crippen molar-refractivity contribution in [1.82, 2.24) is 15.5 Å². The first-order valence-electron chi connectivity index (χ1n) is 9.47. The Kier molecular flexibility index (Phi) is 10.6. The second-order valence-electron chi connectivity index (χ2n) is 7.60. The number of rotatable bonds is 8. The van der Waals surface area contributed by atoms with E-state index in [1.54, 1.807) is 0 Å². The summed E-state index contributed by atoms with van der Waals surface area (Å²) in [6.07, 6.45) is 5.28. The maximum absolute atomic E-state index is 12.0. The summed E-state index contributed by atoms with van der Waals surface area (Å²) in [4.78, 5) is 14.5. The first-order chi connectivity index (χ1) is 11.7. The van der Waals surface area contributed by atoms with E-state index < -0.39 is 0 Å². The fraction of sp³-hybridized carbons (Fsp3) is 0.650. The second-order valence-corrected chi connectivity index (χ2v) is 7.60. The van der Waals surface area contributed by atoms with Crippen molar-refractivity contribution >= 4 is 30.7 Å². The minimum Gasteiger partial charge on any atom is -0.351 e. The summed E-state index contributed by atoms with van der Waals surface area (Å²) >= 11 is 0. The zero-order valence-electron chi connectivity index (χ0n) is 15.7. The molecule has 1 saturated carbocycles. The van der Waals surface area contributed by atoms with Gasteiger partial charge < -0.3 is 10.6 Å². The van der Waals surface area contributed by atoms with Crippen molar-refractivity contribution in [3.8, 4) is 0 Å². The molecule has 1 aliphatic carbocycles. The average molecular weight is 402 g/mol. The molecule has 1 amide bonds. The first kappa shape index (κ1) is 23.2. The molecule has 3 rings (SSSR count). The van der Waals surface area contributed by atoms with Crippen LogP contribution in [-0.4, -0.2) is 37.0 Å². The molecule has 1 heterocycles. The molecule has 0 spiro atoms. The van der Waals surface area contributed by atoms with Crippen molar-refractivity contribution in [1.29, 1.82) is 0 Å². The van der Waals surface area contributed by atoms with Crippen LogP contribution in [0.5, 0.6) is 0 Å². The van der Waals surface area contributed by atoms with Gasteiger partial charge in [-0.05, 0) is 61.7 Å². The molecule has 1 aliphatic heterocycles. The summed E-state index contributed by atoms with van der Waals surface area (Å²) in [5.74, 6) is 1.70. The number of nitrogens with one attached hydrogen (secondary N) is 2. The van der Waals surface area contributed by atoms with Crippen molar-refractivity contribution in [2.75, 3.05) is 26.2 Å². The maximum Gasteiger partial charge on any atom is 0.234 e. The summed E-state index contributed by atoms with van der Waals surface area (Å²) in [7, 11) is 0. The Morgan fingerprint density at radius 2 is 1.88 bits per heavy atom. The third-order valence-electron chi connectivity index (χ3n) is 5.14. The largest absolute Gasteiger partial charge is 0.351 e. The third kappa shape index (κ3) is 7.83. The highest BCUT2D eigenvalue weighted by Crippen LogP contribution is 2.27. The number of amides is 1. The van der Waals surface area contributed by atoms with Gasteiger partial charge in [0.15, 0.2) is 0 Å². The van der Waals surface area contributed by atoms with Crippen LogP contribution in [-0.2, 0) is 17.9 Å². The van der Waals surface area contributed by atoms with Gasteiger partial charge in [-0.25, -0.2) is 0 Å². The molecule has 1 aromatic rings. The quantitative estimate of drug-likeness (QED) is 0.701. The summed E-state index contributed by atoms with van der Waals surface area (Å²) in [6, 6.07) is 8.51. The zero-order chi connectivity index (χ0) is 16.8. The number of benzene rings is 1. The number of piperidine rings is 1. The predicted molar refractivity (Wildman–Crippen MR) is 112 cm³/mol. The predicted octanol–water partition coefficient (Wildman–Crippen LogP) is 3.38. The number of likely N-dealkylation sites (tertiary alicyclic amines) is 1. The van der Waals surface area contributed by atoms with Crippen LogP contribution in [0.1, 0.15) is 43.7 Å². The van der Waals surface area contributed by atoms with E-state index in [-0.39, 0.29) is 30.7 Å². The van der Waals surface area contributed by atoms with Gasteiger partial charge in [0.2, 0.25) is 5.91 Å². The van der Waals surface area contributed by atoms with Crippen LogP contribution in [0.4, 0.5) is 0 Å². The fourth-order valence-corrected chi connectivity index (χ4v) is 3.52. The van der Waals surface area contributed by atoms with Crippen LogP contribution in [0.15, 0.2) is 24.3 Å². The van der Waals surface area contributed by atoms with Crippen molar-refractivity contribution in [3.05, 3.63) is 35.4 Å². The monoisotopic (exact) mass is 401 g/mol. The minimum atomic E-state index is 0. The molecule has 148 valence electrons. The van der Waals surface area contributed by atoms with Crippen LogP contribution < -0.4 is 10.6 Å².